The van der Waals surface area contributed by atoms with Gasteiger partial charge in [0.2, 0.25) is 0 Å². The van der Waals surface area contributed by atoms with Gasteiger partial charge in [0.25, 0.3) is 5.69 Å². The van der Waals surface area contributed by atoms with Crippen LogP contribution in [0.4, 0.5) is 10.1 Å². The van der Waals surface area contributed by atoms with Gasteiger partial charge in [-0.25, -0.2) is 4.39 Å². The van der Waals surface area contributed by atoms with Crippen LogP contribution in [-0.2, 0) is 0 Å². The molecule has 0 saturated heterocycles. The van der Waals surface area contributed by atoms with Gasteiger partial charge in [-0.05, 0) is 25.5 Å². The van der Waals surface area contributed by atoms with E-state index in [4.69, 9.17) is 5.73 Å². The predicted octanol–water partition coefficient (Wildman–Crippen LogP) is 3.12. The third-order valence-electron chi connectivity index (χ3n) is 2.16. The number of nitrogens with two attached hydrogens (primary N) is 1. The molecule has 6 heteroatoms. The van der Waals surface area contributed by atoms with Crippen molar-refractivity contribution in [1.29, 1.82) is 0 Å². The van der Waals surface area contributed by atoms with Crippen molar-refractivity contribution < 1.29 is 9.31 Å². The summed E-state index contributed by atoms with van der Waals surface area (Å²) in [5.74, 6) is -0.641. The first kappa shape index (κ1) is 15.5. The number of halogens is 2. The van der Waals surface area contributed by atoms with E-state index in [1.807, 2.05) is 0 Å². The highest BCUT2D eigenvalue weighted by Gasteiger charge is 2.20. The Morgan fingerprint density at radius 2 is 2.24 bits per heavy atom. The van der Waals surface area contributed by atoms with Gasteiger partial charge in [-0.2, -0.15) is 0 Å². The molecular formula is C11H14ClFN2O2. The lowest BCUT2D eigenvalue weighted by atomic mass is 9.99. The number of hydrogen-bond donors (Lipinski definition) is 1. The molecule has 0 saturated carbocycles. The van der Waals surface area contributed by atoms with Gasteiger partial charge in [0.1, 0.15) is 5.82 Å². The minimum absolute atomic E-state index is 0. The largest absolute Gasteiger partial charge is 0.323 e. The fraction of sp³-hybridized carbons (Fsp3) is 0.273. The average molecular weight is 261 g/mol. The van der Waals surface area contributed by atoms with Crippen LogP contribution in [0.25, 0.3) is 0 Å². The molecule has 0 unspecified atom stereocenters. The first-order chi connectivity index (χ1) is 7.41. The molecule has 1 rings (SSSR count). The van der Waals surface area contributed by atoms with E-state index in [2.05, 4.69) is 6.58 Å². The molecule has 0 spiro atoms. The molecule has 0 fully saturated rings. The second kappa shape index (κ2) is 6.32. The Hall–Kier alpha value is -1.46. The number of rotatable bonds is 4. The number of nitro benzene ring substituents is 1. The predicted molar refractivity (Wildman–Crippen MR) is 66.7 cm³/mol. The fourth-order valence-corrected chi connectivity index (χ4v) is 1.47. The van der Waals surface area contributed by atoms with E-state index in [1.54, 1.807) is 6.92 Å². The smallest absolute Gasteiger partial charge is 0.277 e. The molecule has 2 N–H and O–H groups in total. The second-order valence-electron chi connectivity index (χ2n) is 3.73. The zero-order valence-corrected chi connectivity index (χ0v) is 10.2. The van der Waals surface area contributed by atoms with E-state index in [-0.39, 0.29) is 18.1 Å². The molecule has 1 aromatic carbocycles. The molecule has 0 aromatic heterocycles. The second-order valence-corrected chi connectivity index (χ2v) is 3.73. The van der Waals surface area contributed by atoms with E-state index in [0.29, 0.717) is 12.0 Å². The van der Waals surface area contributed by atoms with E-state index in [0.717, 1.165) is 11.6 Å². The minimum Gasteiger partial charge on any atom is -0.323 e. The molecule has 0 radical (unpaired) electrons. The van der Waals surface area contributed by atoms with E-state index >= 15 is 0 Å². The Labute approximate surface area is 105 Å². The van der Waals surface area contributed by atoms with Crippen LogP contribution in [0.5, 0.6) is 0 Å². The van der Waals surface area contributed by atoms with E-state index in [9.17, 15) is 14.5 Å². The summed E-state index contributed by atoms with van der Waals surface area (Å²) < 4.78 is 12.9. The molecule has 0 bridgehead atoms. The standard InChI is InChI=1S/C11H13FN2O2.ClH/c1-7(2)5-10(13)9-4-3-8(12)6-11(9)14(15)16;/h3-4,6,10H,1,5,13H2,2H3;1H/t10-;/m1./s1. The first-order valence-corrected chi connectivity index (χ1v) is 4.75. The summed E-state index contributed by atoms with van der Waals surface area (Å²) in [5.41, 5.74) is 6.67. The van der Waals surface area contributed by atoms with Crippen LogP contribution < -0.4 is 5.73 Å². The number of hydrogen-bond acceptors (Lipinski definition) is 3. The van der Waals surface area contributed by atoms with E-state index < -0.39 is 16.8 Å². The zero-order valence-electron chi connectivity index (χ0n) is 9.35. The number of benzene rings is 1. The number of nitrogens with zero attached hydrogens (tertiary/aromatic N) is 1. The summed E-state index contributed by atoms with van der Waals surface area (Å²) in [6, 6.07) is 2.87. The average Bonchev–Trinajstić information content (AvgIpc) is 2.16. The van der Waals surface area contributed by atoms with Crippen LogP contribution in [0.3, 0.4) is 0 Å². The maximum Gasteiger partial charge on any atom is 0.277 e. The molecule has 0 amide bonds. The Morgan fingerprint density at radius 1 is 1.65 bits per heavy atom. The molecule has 0 aliphatic heterocycles. The first-order valence-electron chi connectivity index (χ1n) is 4.75. The van der Waals surface area contributed by atoms with Crippen molar-refractivity contribution in [3.05, 3.63) is 51.8 Å². The summed E-state index contributed by atoms with van der Waals surface area (Å²) in [6.45, 7) is 5.48. The van der Waals surface area contributed by atoms with Crippen LogP contribution in [0.1, 0.15) is 24.9 Å². The van der Waals surface area contributed by atoms with Crippen LogP contribution in [0.2, 0.25) is 0 Å². The molecule has 1 atom stereocenters. The van der Waals surface area contributed by atoms with Crippen molar-refractivity contribution in [3.63, 3.8) is 0 Å². The van der Waals surface area contributed by atoms with Gasteiger partial charge in [-0.1, -0.05) is 5.57 Å². The van der Waals surface area contributed by atoms with Gasteiger partial charge in [0.15, 0.2) is 0 Å². The molecule has 0 heterocycles. The molecular weight excluding hydrogens is 247 g/mol. The maximum absolute atomic E-state index is 12.9. The summed E-state index contributed by atoms with van der Waals surface area (Å²) >= 11 is 0. The zero-order chi connectivity index (χ0) is 12.3. The van der Waals surface area contributed by atoms with Crippen LogP contribution in [0, 0.1) is 15.9 Å². The Balaban J connectivity index is 0.00000256. The molecule has 1 aromatic rings. The topological polar surface area (TPSA) is 69.2 Å². The summed E-state index contributed by atoms with van der Waals surface area (Å²) in [5, 5.41) is 10.7. The van der Waals surface area contributed by atoms with Gasteiger partial charge >= 0.3 is 0 Å². The normalized spacial score (nSPS) is 11.5. The van der Waals surface area contributed by atoms with Crippen molar-refractivity contribution in [2.45, 2.75) is 19.4 Å². The highest BCUT2D eigenvalue weighted by molar-refractivity contribution is 5.85. The third kappa shape index (κ3) is 4.13. The maximum atomic E-state index is 12.9. The lowest BCUT2D eigenvalue weighted by Crippen LogP contribution is -2.12. The Kier molecular flexibility index (Phi) is 5.78. The minimum atomic E-state index is -0.641. The van der Waals surface area contributed by atoms with Gasteiger partial charge < -0.3 is 5.73 Å². The van der Waals surface area contributed by atoms with Crippen molar-refractivity contribution in [1.82, 2.24) is 0 Å². The van der Waals surface area contributed by atoms with Gasteiger partial charge in [0, 0.05) is 11.6 Å². The molecule has 17 heavy (non-hydrogen) atoms. The van der Waals surface area contributed by atoms with Crippen molar-refractivity contribution in [3.8, 4) is 0 Å². The highest BCUT2D eigenvalue weighted by Crippen LogP contribution is 2.27. The lowest BCUT2D eigenvalue weighted by Gasteiger charge is -2.11. The highest BCUT2D eigenvalue weighted by atomic mass is 35.5. The summed E-state index contributed by atoms with van der Waals surface area (Å²) in [6.07, 6.45) is 0.437. The van der Waals surface area contributed by atoms with Crippen LogP contribution in [-0.4, -0.2) is 4.92 Å². The Morgan fingerprint density at radius 3 is 2.71 bits per heavy atom. The van der Waals surface area contributed by atoms with Gasteiger partial charge in [-0.15, -0.1) is 19.0 Å². The summed E-state index contributed by atoms with van der Waals surface area (Å²) in [4.78, 5) is 10.1. The van der Waals surface area contributed by atoms with E-state index in [1.165, 1.54) is 12.1 Å². The van der Waals surface area contributed by atoms with Gasteiger partial charge in [-0.3, -0.25) is 10.1 Å². The Bertz CT molecular complexity index is 437. The fourth-order valence-electron chi connectivity index (χ4n) is 1.47. The number of nitro groups is 1. The monoisotopic (exact) mass is 260 g/mol. The van der Waals surface area contributed by atoms with Crippen molar-refractivity contribution >= 4 is 18.1 Å². The van der Waals surface area contributed by atoms with Crippen molar-refractivity contribution in [2.75, 3.05) is 0 Å². The SMILES string of the molecule is C=C(C)C[C@@H](N)c1ccc(F)cc1[N+](=O)[O-].Cl. The third-order valence-corrected chi connectivity index (χ3v) is 2.16. The molecule has 4 nitrogen and oxygen atoms in total. The van der Waals surface area contributed by atoms with Crippen LogP contribution in [0.15, 0.2) is 30.4 Å². The van der Waals surface area contributed by atoms with Gasteiger partial charge in [0.05, 0.1) is 11.0 Å². The van der Waals surface area contributed by atoms with Crippen molar-refractivity contribution in [2.24, 2.45) is 5.73 Å². The quantitative estimate of drug-likeness (QED) is 0.514. The summed E-state index contributed by atoms with van der Waals surface area (Å²) in [7, 11) is 0. The van der Waals surface area contributed by atoms with Crippen LogP contribution >= 0.6 is 12.4 Å². The molecule has 0 aliphatic carbocycles. The molecule has 0 aliphatic rings. The lowest BCUT2D eigenvalue weighted by molar-refractivity contribution is -0.385. The molecule has 94 valence electrons.